The largest absolute Gasteiger partial charge is 0.417 e. The summed E-state index contributed by atoms with van der Waals surface area (Å²) in [4.78, 5) is 4.86. The van der Waals surface area contributed by atoms with Crippen LogP contribution in [-0.2, 0) is 6.18 Å². The number of pyridine rings is 1. The highest BCUT2D eigenvalue weighted by molar-refractivity contribution is 7.19. The van der Waals surface area contributed by atoms with Crippen molar-refractivity contribution in [3.05, 3.63) is 64.4 Å². The van der Waals surface area contributed by atoms with Crippen LogP contribution in [-0.4, -0.2) is 14.8 Å². The van der Waals surface area contributed by atoms with Crippen LogP contribution in [0.1, 0.15) is 5.56 Å². The number of thiophene rings is 1. The Bertz CT molecular complexity index is 1100. The molecule has 0 aliphatic carbocycles. The van der Waals surface area contributed by atoms with E-state index in [0.717, 1.165) is 23.6 Å². The van der Waals surface area contributed by atoms with Gasteiger partial charge in [0.1, 0.15) is 5.82 Å². The van der Waals surface area contributed by atoms with Gasteiger partial charge in [-0.3, -0.25) is 0 Å². The molecule has 0 fully saturated rings. The quantitative estimate of drug-likeness (QED) is 0.391. The highest BCUT2D eigenvalue weighted by Crippen LogP contribution is 2.39. The Kier molecular flexibility index (Phi) is 3.96. The molecule has 0 bridgehead atoms. The lowest BCUT2D eigenvalue weighted by Gasteiger charge is -2.10. The number of halogens is 5. The maximum Gasteiger partial charge on any atom is 0.417 e. The summed E-state index contributed by atoms with van der Waals surface area (Å²) in [6.45, 7) is 0. The number of rotatable bonds is 2. The lowest BCUT2D eigenvalue weighted by molar-refractivity contribution is -0.136. The molecule has 3 nitrogen and oxygen atoms in total. The first-order chi connectivity index (χ1) is 12.3. The SMILES string of the molecule is Fc1ccc(-n2ncc3c(C(F)(F)F)cc(-c4ccc(Cl)s4)nc32)cc1. The van der Waals surface area contributed by atoms with E-state index in [1.807, 2.05) is 0 Å². The van der Waals surface area contributed by atoms with Gasteiger partial charge in [0.05, 0.1) is 37.7 Å². The van der Waals surface area contributed by atoms with Gasteiger partial charge in [-0.25, -0.2) is 14.1 Å². The van der Waals surface area contributed by atoms with Gasteiger partial charge >= 0.3 is 6.18 Å². The van der Waals surface area contributed by atoms with Crippen LogP contribution in [0.4, 0.5) is 17.6 Å². The first kappa shape index (κ1) is 17.0. The zero-order valence-electron chi connectivity index (χ0n) is 12.8. The number of benzene rings is 1. The molecule has 0 saturated carbocycles. The highest BCUT2D eigenvalue weighted by Gasteiger charge is 2.35. The fourth-order valence-electron chi connectivity index (χ4n) is 2.58. The van der Waals surface area contributed by atoms with Crippen molar-refractivity contribution < 1.29 is 17.6 Å². The van der Waals surface area contributed by atoms with E-state index in [0.29, 0.717) is 14.9 Å². The van der Waals surface area contributed by atoms with Crippen LogP contribution in [0, 0.1) is 5.82 Å². The summed E-state index contributed by atoms with van der Waals surface area (Å²) in [7, 11) is 0. The van der Waals surface area contributed by atoms with Gasteiger partial charge in [-0.2, -0.15) is 18.3 Å². The second-order valence-electron chi connectivity index (χ2n) is 5.43. The smallest absolute Gasteiger partial charge is 0.227 e. The predicted octanol–water partition coefficient (Wildman–Crippen LogP) is 5.96. The zero-order chi connectivity index (χ0) is 18.5. The Hall–Kier alpha value is -2.45. The summed E-state index contributed by atoms with van der Waals surface area (Å²) in [6.07, 6.45) is -3.46. The van der Waals surface area contributed by atoms with E-state index >= 15 is 0 Å². The number of aromatic nitrogens is 3. The molecule has 0 amide bonds. The number of hydrogen-bond donors (Lipinski definition) is 0. The molecule has 0 unspecified atom stereocenters. The molecule has 4 rings (SSSR count). The first-order valence-corrected chi connectivity index (χ1v) is 8.50. The van der Waals surface area contributed by atoms with Gasteiger partial charge in [-0.15, -0.1) is 11.3 Å². The van der Waals surface area contributed by atoms with Crippen molar-refractivity contribution in [3.8, 4) is 16.3 Å². The first-order valence-electron chi connectivity index (χ1n) is 7.30. The second kappa shape index (κ2) is 6.07. The molecule has 0 spiro atoms. The Balaban J connectivity index is 2.00. The van der Waals surface area contributed by atoms with Gasteiger partial charge < -0.3 is 0 Å². The van der Waals surface area contributed by atoms with Crippen LogP contribution < -0.4 is 0 Å². The molecular formula is C17H8ClF4N3S. The van der Waals surface area contributed by atoms with E-state index in [9.17, 15) is 17.6 Å². The predicted molar refractivity (Wildman–Crippen MR) is 92.1 cm³/mol. The molecule has 0 aliphatic heterocycles. The summed E-state index contributed by atoms with van der Waals surface area (Å²) in [5, 5.41) is 3.89. The highest BCUT2D eigenvalue weighted by atomic mass is 35.5. The normalized spacial score (nSPS) is 12.0. The lowest BCUT2D eigenvalue weighted by atomic mass is 10.1. The van der Waals surface area contributed by atoms with Crippen molar-refractivity contribution >= 4 is 34.0 Å². The topological polar surface area (TPSA) is 30.7 Å². The van der Waals surface area contributed by atoms with Gasteiger partial charge in [0.2, 0.25) is 0 Å². The molecule has 132 valence electrons. The summed E-state index contributed by atoms with van der Waals surface area (Å²) < 4.78 is 55.5. The molecule has 0 aliphatic rings. The fourth-order valence-corrected chi connectivity index (χ4v) is 3.59. The Morgan fingerprint density at radius 1 is 1.04 bits per heavy atom. The molecule has 3 aromatic heterocycles. The van der Waals surface area contributed by atoms with Crippen LogP contribution in [0.3, 0.4) is 0 Å². The van der Waals surface area contributed by atoms with Crippen LogP contribution in [0.25, 0.3) is 27.3 Å². The van der Waals surface area contributed by atoms with Crippen molar-refractivity contribution in [1.29, 1.82) is 0 Å². The van der Waals surface area contributed by atoms with Crippen LogP contribution in [0.2, 0.25) is 4.34 Å². The Morgan fingerprint density at radius 3 is 2.38 bits per heavy atom. The van der Waals surface area contributed by atoms with Crippen molar-refractivity contribution in [2.45, 2.75) is 6.18 Å². The van der Waals surface area contributed by atoms with Crippen LogP contribution in [0.5, 0.6) is 0 Å². The molecule has 0 radical (unpaired) electrons. The average molecular weight is 398 g/mol. The standard InChI is InChI=1S/C17H8ClF4N3S/c18-15-6-5-14(26-15)13-7-12(17(20,21)22)11-8-23-25(16(11)24-13)10-3-1-9(19)2-4-10/h1-8H. The molecule has 26 heavy (non-hydrogen) atoms. The third-order valence-corrected chi connectivity index (χ3v) is 5.00. The van der Waals surface area contributed by atoms with Crippen molar-refractivity contribution in [1.82, 2.24) is 14.8 Å². The molecule has 4 aromatic rings. The van der Waals surface area contributed by atoms with E-state index in [2.05, 4.69) is 10.1 Å². The van der Waals surface area contributed by atoms with E-state index in [1.54, 1.807) is 12.1 Å². The number of nitrogens with zero attached hydrogens (tertiary/aromatic N) is 3. The van der Waals surface area contributed by atoms with E-state index in [1.165, 1.54) is 28.9 Å². The van der Waals surface area contributed by atoms with Gasteiger partial charge in [-0.1, -0.05) is 11.6 Å². The molecule has 9 heteroatoms. The van der Waals surface area contributed by atoms with Gasteiger partial charge in [0.15, 0.2) is 5.65 Å². The summed E-state index contributed by atoms with van der Waals surface area (Å²) >= 11 is 7.03. The van der Waals surface area contributed by atoms with E-state index in [4.69, 9.17) is 11.6 Å². The summed E-state index contributed by atoms with van der Waals surface area (Å²) in [5.41, 5.74) is -0.254. The minimum Gasteiger partial charge on any atom is -0.227 e. The Morgan fingerprint density at radius 2 is 1.77 bits per heavy atom. The Labute approximate surface area is 153 Å². The van der Waals surface area contributed by atoms with Crippen molar-refractivity contribution in [3.63, 3.8) is 0 Å². The molecule has 1 aromatic carbocycles. The summed E-state index contributed by atoms with van der Waals surface area (Å²) in [6, 6.07) is 9.45. The monoisotopic (exact) mass is 397 g/mol. The number of hydrogen-bond acceptors (Lipinski definition) is 3. The van der Waals surface area contributed by atoms with E-state index < -0.39 is 17.6 Å². The summed E-state index contributed by atoms with van der Waals surface area (Å²) in [5.74, 6) is -0.455. The van der Waals surface area contributed by atoms with Crippen molar-refractivity contribution in [2.24, 2.45) is 0 Å². The fraction of sp³-hybridized carbons (Fsp3) is 0.0588. The van der Waals surface area contributed by atoms with Crippen molar-refractivity contribution in [2.75, 3.05) is 0 Å². The maximum absolute atomic E-state index is 13.5. The molecular weight excluding hydrogens is 390 g/mol. The van der Waals surface area contributed by atoms with Gasteiger partial charge in [0, 0.05) is 0 Å². The third kappa shape index (κ3) is 2.95. The second-order valence-corrected chi connectivity index (χ2v) is 7.14. The third-order valence-electron chi connectivity index (χ3n) is 3.74. The average Bonchev–Trinajstić information content (AvgIpc) is 3.20. The van der Waals surface area contributed by atoms with Gasteiger partial charge in [-0.05, 0) is 42.5 Å². The van der Waals surface area contributed by atoms with E-state index in [-0.39, 0.29) is 16.7 Å². The minimum absolute atomic E-state index is 0.0333. The zero-order valence-corrected chi connectivity index (χ0v) is 14.3. The number of alkyl halides is 3. The number of fused-ring (bicyclic) bond motifs is 1. The molecule has 3 heterocycles. The molecule has 0 N–H and O–H groups in total. The lowest BCUT2D eigenvalue weighted by Crippen LogP contribution is -2.07. The van der Waals surface area contributed by atoms with Crippen LogP contribution >= 0.6 is 22.9 Å². The van der Waals surface area contributed by atoms with Crippen LogP contribution in [0.15, 0.2) is 48.7 Å². The maximum atomic E-state index is 13.5. The minimum atomic E-state index is -4.58. The molecule has 0 saturated heterocycles. The molecule has 0 atom stereocenters. The van der Waals surface area contributed by atoms with Gasteiger partial charge in [0.25, 0.3) is 0 Å².